The van der Waals surface area contributed by atoms with Gasteiger partial charge in [-0.25, -0.2) is 0 Å². The first-order chi connectivity index (χ1) is 26.6. The quantitative estimate of drug-likeness (QED) is 0.158. The fraction of sp³-hybridized carbons (Fsp3) is 0.953. The van der Waals surface area contributed by atoms with Gasteiger partial charge in [0.2, 0.25) is 0 Å². The Morgan fingerprint density at radius 2 is 1.46 bits per heavy atom. The summed E-state index contributed by atoms with van der Waals surface area (Å²) in [6.45, 7) is 14.2. The molecule has 2 heterocycles. The van der Waals surface area contributed by atoms with Crippen molar-refractivity contribution in [2.45, 2.75) is 180 Å². The van der Waals surface area contributed by atoms with Crippen molar-refractivity contribution in [2.75, 3.05) is 26.9 Å². The zero-order valence-corrected chi connectivity index (χ0v) is 35.2. The Bertz CT molecular complexity index is 1490. The van der Waals surface area contributed by atoms with Crippen molar-refractivity contribution in [3.8, 4) is 0 Å². The van der Waals surface area contributed by atoms with E-state index in [0.717, 1.165) is 32.1 Å². The SMILES string of the molecule is CO[C@@H]1C=C2[C@@H]3CC(C)(C)CC[C@]3(CO)[C@H](O)C[C@@]2(C)[C@]2(C)CC[C@H]3[C@](C)(CO)[C@@H](O[C@@H]4[C@@H](O[C@@H]5O[C@H](CO)[C@@H](O)[C@H](O)[C@H]5O)[C@@H](O)[C@@H](C)O[C@H]4O)CC[C@]3(C)[C@@H]12. The van der Waals surface area contributed by atoms with Crippen molar-refractivity contribution >= 4 is 0 Å². The highest BCUT2D eigenvalue weighted by Crippen LogP contribution is 2.76. The largest absolute Gasteiger partial charge is 0.396 e. The van der Waals surface area contributed by atoms with Crippen molar-refractivity contribution in [1.29, 1.82) is 0 Å². The number of rotatable bonds is 8. The summed E-state index contributed by atoms with van der Waals surface area (Å²) in [5.41, 5.74) is -1.08. The number of hydrogen-bond donors (Lipinski definition) is 9. The molecule has 9 N–H and O–H groups in total. The van der Waals surface area contributed by atoms with E-state index in [1.807, 2.05) is 6.92 Å². The fourth-order valence-electron chi connectivity index (χ4n) is 14.1. The molecule has 14 nitrogen and oxygen atoms in total. The molecule has 0 spiro atoms. The van der Waals surface area contributed by atoms with Crippen LogP contribution >= 0.6 is 0 Å². The lowest BCUT2D eigenvalue weighted by Gasteiger charge is -2.73. The third-order valence-corrected chi connectivity index (χ3v) is 17.7. The summed E-state index contributed by atoms with van der Waals surface area (Å²) in [7, 11) is 1.77. The average molecular weight is 813 g/mol. The normalized spacial score (nSPS) is 56.1. The molecule has 21 atom stereocenters. The smallest absolute Gasteiger partial charge is 0.187 e. The Kier molecular flexibility index (Phi) is 11.8. The van der Waals surface area contributed by atoms with E-state index in [4.69, 9.17) is 23.7 Å². The molecular weight excluding hydrogens is 740 g/mol. The minimum atomic E-state index is -1.74. The minimum absolute atomic E-state index is 0.00768. The van der Waals surface area contributed by atoms with Crippen molar-refractivity contribution in [3.63, 3.8) is 0 Å². The van der Waals surface area contributed by atoms with Crippen LogP contribution in [0.25, 0.3) is 0 Å². The van der Waals surface area contributed by atoms with Gasteiger partial charge >= 0.3 is 0 Å². The molecule has 328 valence electrons. The van der Waals surface area contributed by atoms with Gasteiger partial charge in [-0.1, -0.05) is 53.2 Å². The second-order valence-corrected chi connectivity index (χ2v) is 21.0. The number of fused-ring (bicyclic) bond motifs is 7. The number of aliphatic hydroxyl groups excluding tert-OH is 9. The van der Waals surface area contributed by atoms with E-state index in [0.29, 0.717) is 19.3 Å². The van der Waals surface area contributed by atoms with Gasteiger partial charge in [-0.2, -0.15) is 0 Å². The lowest BCUT2D eigenvalue weighted by Crippen LogP contribution is -2.70. The number of ether oxygens (including phenoxy) is 5. The topological polar surface area (TPSA) is 228 Å². The van der Waals surface area contributed by atoms with Gasteiger partial charge in [0.25, 0.3) is 0 Å². The maximum Gasteiger partial charge on any atom is 0.187 e. The molecule has 0 radical (unpaired) electrons. The summed E-state index contributed by atoms with van der Waals surface area (Å²) >= 11 is 0. The zero-order valence-electron chi connectivity index (χ0n) is 35.2. The van der Waals surface area contributed by atoms with Gasteiger partial charge in [-0.15, -0.1) is 0 Å². The number of allylic oxidation sites excluding steroid dienone is 1. The van der Waals surface area contributed by atoms with E-state index in [1.54, 1.807) is 14.0 Å². The zero-order chi connectivity index (χ0) is 41.8. The maximum atomic E-state index is 12.1. The van der Waals surface area contributed by atoms with E-state index < -0.39 is 91.1 Å². The van der Waals surface area contributed by atoms with Gasteiger partial charge in [0, 0.05) is 23.9 Å². The lowest BCUT2D eigenvalue weighted by atomic mass is 9.32. The van der Waals surface area contributed by atoms with Crippen LogP contribution in [0.15, 0.2) is 11.6 Å². The minimum Gasteiger partial charge on any atom is -0.396 e. The molecule has 0 bridgehead atoms. The monoisotopic (exact) mass is 812 g/mol. The number of hydrogen-bond acceptors (Lipinski definition) is 14. The standard InChI is InChI=1S/C43H72O14/c1-21-29(48)33(57-37-32(51)31(50)30(49)25(18-44)55-37)34(36(52)54-21)56-28-10-11-39(4)26(40(28,5)19-45)9-12-41(6)35(39)24(53-8)15-22-23-16-38(2,3)13-14-43(23,20-46)27(47)17-42(22,41)7/h15,21,23-37,44-52H,9-14,16-20H2,1-8H3/t21-,23+,24-,25-,26-,27-,28+,29+,30-,31+,32-,33+,34-,35-,36-,37+,39+,40+,41-,42-,43-/m1/s1. The van der Waals surface area contributed by atoms with Crippen LogP contribution in [0.4, 0.5) is 0 Å². The van der Waals surface area contributed by atoms with Crippen LogP contribution in [0.3, 0.4) is 0 Å². The lowest BCUT2D eigenvalue weighted by molar-refractivity contribution is -0.366. The highest BCUT2D eigenvalue weighted by molar-refractivity contribution is 5.37. The average Bonchev–Trinajstić information content (AvgIpc) is 3.16. The molecule has 6 fully saturated rings. The van der Waals surface area contributed by atoms with E-state index in [9.17, 15) is 46.0 Å². The molecule has 0 aromatic heterocycles. The summed E-state index contributed by atoms with van der Waals surface area (Å²) in [5.74, 6) is -0.0431. The molecule has 2 saturated heterocycles. The predicted octanol–water partition coefficient (Wildman–Crippen LogP) is 1.39. The molecule has 0 aromatic rings. The highest BCUT2D eigenvalue weighted by Gasteiger charge is 2.72. The van der Waals surface area contributed by atoms with Crippen LogP contribution in [0.1, 0.15) is 99.8 Å². The molecule has 14 heteroatoms. The van der Waals surface area contributed by atoms with E-state index in [-0.39, 0.29) is 58.7 Å². The first-order valence-electron chi connectivity index (χ1n) is 21.4. The molecule has 4 saturated carbocycles. The molecule has 5 aliphatic carbocycles. The van der Waals surface area contributed by atoms with E-state index in [2.05, 4.69) is 40.7 Å². The Hall–Kier alpha value is -0.820. The van der Waals surface area contributed by atoms with Gasteiger partial charge in [-0.3, -0.25) is 0 Å². The van der Waals surface area contributed by atoms with Crippen molar-refractivity contribution < 1.29 is 69.6 Å². The third kappa shape index (κ3) is 6.48. The second-order valence-electron chi connectivity index (χ2n) is 21.0. The summed E-state index contributed by atoms with van der Waals surface area (Å²) in [6, 6.07) is 0. The summed E-state index contributed by atoms with van der Waals surface area (Å²) in [4.78, 5) is 0. The van der Waals surface area contributed by atoms with Crippen molar-refractivity contribution in [2.24, 2.45) is 50.2 Å². The highest BCUT2D eigenvalue weighted by atomic mass is 16.7. The molecule has 0 amide bonds. The molecule has 0 aromatic carbocycles. The summed E-state index contributed by atoms with van der Waals surface area (Å²) in [6.07, 6.45) is -7.67. The molecule has 7 rings (SSSR count). The van der Waals surface area contributed by atoms with Crippen LogP contribution in [0.2, 0.25) is 0 Å². The second kappa shape index (κ2) is 15.2. The first kappa shape index (κ1) is 44.2. The molecule has 57 heavy (non-hydrogen) atoms. The number of aliphatic hydroxyl groups is 9. The predicted molar refractivity (Wildman–Crippen MR) is 205 cm³/mol. The van der Waals surface area contributed by atoms with Gasteiger partial charge in [0.15, 0.2) is 12.6 Å². The van der Waals surface area contributed by atoms with Gasteiger partial charge in [0.05, 0.1) is 44.2 Å². The van der Waals surface area contributed by atoms with Crippen LogP contribution < -0.4 is 0 Å². The van der Waals surface area contributed by atoms with E-state index >= 15 is 0 Å². The van der Waals surface area contributed by atoms with Crippen molar-refractivity contribution in [3.05, 3.63) is 11.6 Å². The maximum absolute atomic E-state index is 12.1. The Labute approximate surface area is 337 Å². The van der Waals surface area contributed by atoms with Crippen LogP contribution in [0, 0.1) is 50.2 Å². The number of methoxy groups -OCH3 is 1. The van der Waals surface area contributed by atoms with Crippen LogP contribution in [-0.2, 0) is 23.7 Å². The Morgan fingerprint density at radius 3 is 2.09 bits per heavy atom. The molecular formula is C43H72O14. The molecule has 7 aliphatic rings. The Morgan fingerprint density at radius 1 is 0.754 bits per heavy atom. The third-order valence-electron chi connectivity index (χ3n) is 17.7. The molecule has 0 unspecified atom stereocenters. The van der Waals surface area contributed by atoms with Crippen LogP contribution in [-0.4, -0.2) is 153 Å². The fourth-order valence-corrected chi connectivity index (χ4v) is 14.1. The van der Waals surface area contributed by atoms with Gasteiger partial charge in [-0.05, 0) is 91.8 Å². The van der Waals surface area contributed by atoms with Crippen molar-refractivity contribution in [1.82, 2.24) is 0 Å². The molecule has 2 aliphatic heterocycles. The van der Waals surface area contributed by atoms with Gasteiger partial charge < -0.3 is 69.6 Å². The van der Waals surface area contributed by atoms with E-state index in [1.165, 1.54) is 5.57 Å². The summed E-state index contributed by atoms with van der Waals surface area (Å²) in [5, 5.41) is 98.6. The van der Waals surface area contributed by atoms with Gasteiger partial charge in [0.1, 0.15) is 42.7 Å². The Balaban J connectivity index is 1.20. The van der Waals surface area contributed by atoms with Crippen LogP contribution in [0.5, 0.6) is 0 Å². The summed E-state index contributed by atoms with van der Waals surface area (Å²) < 4.78 is 30.7. The first-order valence-corrected chi connectivity index (χ1v) is 21.4.